The van der Waals surface area contributed by atoms with Crippen molar-refractivity contribution in [3.05, 3.63) is 11.6 Å². The Morgan fingerprint density at radius 2 is 1.91 bits per heavy atom. The predicted octanol–water partition coefficient (Wildman–Crippen LogP) is 3.21. The van der Waals surface area contributed by atoms with Gasteiger partial charge in [-0.1, -0.05) is 13.0 Å². The van der Waals surface area contributed by atoms with Crippen molar-refractivity contribution in [1.29, 1.82) is 0 Å². The van der Waals surface area contributed by atoms with Gasteiger partial charge < -0.3 is 0 Å². The maximum Gasteiger partial charge on any atom is 0.0524 e. The Hall–Kier alpha value is -0.590. The molecule has 64 valence electrons. The third-order valence-electron chi connectivity index (χ3n) is 1.18. The van der Waals surface area contributed by atoms with Crippen molar-refractivity contribution in [3.63, 3.8) is 0 Å². The van der Waals surface area contributed by atoms with Crippen LogP contribution in [-0.2, 0) is 0 Å². The molecule has 0 aromatic rings. The van der Waals surface area contributed by atoms with Gasteiger partial charge in [0.05, 0.1) is 5.54 Å². The van der Waals surface area contributed by atoms with Crippen molar-refractivity contribution in [3.8, 4) is 0 Å². The first-order valence-electron chi connectivity index (χ1n) is 4.17. The van der Waals surface area contributed by atoms with Gasteiger partial charge in [-0.05, 0) is 39.7 Å². The van der Waals surface area contributed by atoms with Crippen LogP contribution in [-0.4, -0.2) is 11.8 Å². The molecule has 0 aliphatic carbocycles. The molecule has 0 aromatic heterocycles. The van der Waals surface area contributed by atoms with Gasteiger partial charge in [0.15, 0.2) is 0 Å². The molecule has 0 fully saturated rings. The van der Waals surface area contributed by atoms with Gasteiger partial charge in [0.2, 0.25) is 0 Å². The standard InChI is InChI=1S/C10H19N/c1-6-7-9(2)8-11-10(3,4)5/h7-8H,6H2,1-5H3/b9-7+,11-8?. The van der Waals surface area contributed by atoms with Gasteiger partial charge in [0.25, 0.3) is 0 Å². The van der Waals surface area contributed by atoms with Crippen LogP contribution in [0.5, 0.6) is 0 Å². The molecule has 0 radical (unpaired) electrons. The predicted molar refractivity (Wildman–Crippen MR) is 52.3 cm³/mol. The number of hydrogen-bond donors (Lipinski definition) is 0. The lowest BCUT2D eigenvalue weighted by atomic mass is 10.1. The lowest BCUT2D eigenvalue weighted by Crippen LogP contribution is -2.09. The maximum atomic E-state index is 4.38. The van der Waals surface area contributed by atoms with Crippen molar-refractivity contribution in [1.82, 2.24) is 0 Å². The number of hydrogen-bond acceptors (Lipinski definition) is 1. The van der Waals surface area contributed by atoms with Crippen LogP contribution in [0.4, 0.5) is 0 Å². The van der Waals surface area contributed by atoms with Crippen LogP contribution >= 0.6 is 0 Å². The quantitative estimate of drug-likeness (QED) is 0.540. The highest BCUT2D eigenvalue weighted by molar-refractivity contribution is 5.77. The molecule has 1 nitrogen and oxygen atoms in total. The highest BCUT2D eigenvalue weighted by Crippen LogP contribution is 2.05. The zero-order valence-corrected chi connectivity index (χ0v) is 8.31. The van der Waals surface area contributed by atoms with E-state index in [1.807, 2.05) is 6.21 Å². The van der Waals surface area contributed by atoms with Crippen LogP contribution < -0.4 is 0 Å². The van der Waals surface area contributed by atoms with E-state index in [1.165, 1.54) is 5.57 Å². The van der Waals surface area contributed by atoms with Gasteiger partial charge in [0.1, 0.15) is 0 Å². The Kier molecular flexibility index (Phi) is 4.09. The summed E-state index contributed by atoms with van der Waals surface area (Å²) in [4.78, 5) is 4.38. The van der Waals surface area contributed by atoms with E-state index in [0.29, 0.717) is 0 Å². The Balaban J connectivity index is 4.03. The van der Waals surface area contributed by atoms with E-state index in [-0.39, 0.29) is 5.54 Å². The van der Waals surface area contributed by atoms with Crippen molar-refractivity contribution in [2.75, 3.05) is 0 Å². The Bertz CT molecular complexity index is 158. The van der Waals surface area contributed by atoms with Crippen LogP contribution in [0.15, 0.2) is 16.6 Å². The average Bonchev–Trinajstić information content (AvgIpc) is 1.83. The van der Waals surface area contributed by atoms with Gasteiger partial charge in [0, 0.05) is 6.21 Å². The van der Waals surface area contributed by atoms with Crippen molar-refractivity contribution >= 4 is 6.21 Å². The second-order valence-corrected chi connectivity index (χ2v) is 3.79. The van der Waals surface area contributed by atoms with Gasteiger partial charge in [-0.2, -0.15) is 0 Å². The van der Waals surface area contributed by atoms with Gasteiger partial charge in [-0.15, -0.1) is 0 Å². The van der Waals surface area contributed by atoms with Crippen LogP contribution in [0.1, 0.15) is 41.0 Å². The highest BCUT2D eigenvalue weighted by Gasteiger charge is 2.03. The Morgan fingerprint density at radius 3 is 2.27 bits per heavy atom. The van der Waals surface area contributed by atoms with Gasteiger partial charge in [-0.3, -0.25) is 4.99 Å². The number of allylic oxidation sites excluding steroid dienone is 2. The zero-order chi connectivity index (χ0) is 8.91. The topological polar surface area (TPSA) is 12.4 Å². The first-order valence-corrected chi connectivity index (χ1v) is 4.17. The molecule has 0 rings (SSSR count). The van der Waals surface area contributed by atoms with E-state index >= 15 is 0 Å². The molecule has 0 unspecified atom stereocenters. The molecule has 0 aromatic carbocycles. The second-order valence-electron chi connectivity index (χ2n) is 3.79. The number of nitrogens with zero attached hydrogens (tertiary/aromatic N) is 1. The normalized spacial score (nSPS) is 14.5. The summed E-state index contributed by atoms with van der Waals surface area (Å²) in [5.41, 5.74) is 1.31. The van der Waals surface area contributed by atoms with E-state index in [0.717, 1.165) is 6.42 Å². The molecular weight excluding hydrogens is 134 g/mol. The molecule has 0 bridgehead atoms. The van der Waals surface area contributed by atoms with Crippen molar-refractivity contribution in [2.24, 2.45) is 4.99 Å². The van der Waals surface area contributed by atoms with Crippen LogP contribution in [0.2, 0.25) is 0 Å². The fraction of sp³-hybridized carbons (Fsp3) is 0.700. The zero-order valence-electron chi connectivity index (χ0n) is 8.31. The molecule has 1 heteroatoms. The third-order valence-corrected chi connectivity index (χ3v) is 1.18. The fourth-order valence-electron chi connectivity index (χ4n) is 0.670. The number of aliphatic imine (C=N–C) groups is 1. The number of rotatable bonds is 2. The van der Waals surface area contributed by atoms with Crippen LogP contribution in [0.25, 0.3) is 0 Å². The summed E-state index contributed by atoms with van der Waals surface area (Å²) in [6, 6.07) is 0. The first-order chi connectivity index (χ1) is 4.95. The third kappa shape index (κ3) is 7.31. The first kappa shape index (κ1) is 10.4. The molecule has 0 saturated heterocycles. The minimum atomic E-state index is 0.0584. The molecule has 0 saturated carbocycles. The largest absolute Gasteiger partial charge is 0.287 e. The van der Waals surface area contributed by atoms with Crippen LogP contribution in [0, 0.1) is 0 Å². The smallest absolute Gasteiger partial charge is 0.0524 e. The molecule has 11 heavy (non-hydrogen) atoms. The molecular formula is C10H19N. The molecule has 0 spiro atoms. The Morgan fingerprint density at radius 1 is 1.36 bits per heavy atom. The summed E-state index contributed by atoms with van der Waals surface area (Å²) in [7, 11) is 0. The second kappa shape index (κ2) is 4.32. The summed E-state index contributed by atoms with van der Waals surface area (Å²) >= 11 is 0. The van der Waals surface area contributed by atoms with E-state index in [2.05, 4.69) is 45.7 Å². The molecule has 0 aliphatic rings. The highest BCUT2D eigenvalue weighted by atomic mass is 14.8. The summed E-state index contributed by atoms with van der Waals surface area (Å²) in [5, 5.41) is 0. The molecule has 0 aliphatic heterocycles. The van der Waals surface area contributed by atoms with E-state index in [9.17, 15) is 0 Å². The summed E-state index contributed by atoms with van der Waals surface area (Å²) in [6.45, 7) is 10.5. The van der Waals surface area contributed by atoms with E-state index in [1.54, 1.807) is 0 Å². The average molecular weight is 153 g/mol. The SMILES string of the molecule is CC/C=C(\C)C=NC(C)(C)C. The molecule has 0 heterocycles. The van der Waals surface area contributed by atoms with Crippen molar-refractivity contribution in [2.45, 2.75) is 46.6 Å². The minimum Gasteiger partial charge on any atom is -0.287 e. The maximum absolute atomic E-state index is 4.38. The van der Waals surface area contributed by atoms with E-state index < -0.39 is 0 Å². The monoisotopic (exact) mass is 153 g/mol. The summed E-state index contributed by atoms with van der Waals surface area (Å²) < 4.78 is 0. The lowest BCUT2D eigenvalue weighted by Gasteiger charge is -2.10. The van der Waals surface area contributed by atoms with E-state index in [4.69, 9.17) is 0 Å². The minimum absolute atomic E-state index is 0.0584. The lowest BCUT2D eigenvalue weighted by molar-refractivity contribution is 0.586. The summed E-state index contributed by atoms with van der Waals surface area (Å²) in [6.07, 6.45) is 5.21. The fourth-order valence-corrected chi connectivity index (χ4v) is 0.670. The molecule has 0 atom stereocenters. The van der Waals surface area contributed by atoms with Crippen molar-refractivity contribution < 1.29 is 0 Å². The molecule has 0 N–H and O–H groups in total. The van der Waals surface area contributed by atoms with Gasteiger partial charge >= 0.3 is 0 Å². The van der Waals surface area contributed by atoms with Crippen LogP contribution in [0.3, 0.4) is 0 Å². The molecule has 0 amide bonds. The summed E-state index contributed by atoms with van der Waals surface area (Å²) in [5.74, 6) is 0. The Labute approximate surface area is 70.2 Å². The van der Waals surface area contributed by atoms with Gasteiger partial charge in [-0.25, -0.2) is 0 Å².